The molecule has 0 aromatic heterocycles. The highest BCUT2D eigenvalue weighted by atomic mass is 19.1. The van der Waals surface area contributed by atoms with Crippen LogP contribution in [0.1, 0.15) is 5.56 Å². The molecule has 2 amide bonds. The monoisotopic (exact) mass is 291 g/mol. The van der Waals surface area contributed by atoms with Gasteiger partial charge in [0.05, 0.1) is 16.9 Å². The molecule has 2 aromatic carbocycles. The first-order valence-corrected chi connectivity index (χ1v) is 5.72. The van der Waals surface area contributed by atoms with Crippen LogP contribution >= 0.6 is 0 Å². The molecule has 0 radical (unpaired) electrons. The molecule has 0 bridgehead atoms. The van der Waals surface area contributed by atoms with E-state index in [2.05, 4.69) is 10.6 Å². The van der Waals surface area contributed by atoms with Gasteiger partial charge in [-0.25, -0.2) is 18.0 Å². The lowest BCUT2D eigenvalue weighted by atomic mass is 10.2. The normalized spacial score (nSPS) is 9.81. The zero-order valence-electron chi connectivity index (χ0n) is 10.5. The maximum Gasteiger partial charge on any atom is 0.323 e. The number of carbonyl (C=O) groups excluding carboxylic acids is 1. The van der Waals surface area contributed by atoms with Gasteiger partial charge in [-0.05, 0) is 30.3 Å². The van der Waals surface area contributed by atoms with E-state index in [1.54, 1.807) is 6.07 Å². The third-order valence-corrected chi connectivity index (χ3v) is 2.53. The van der Waals surface area contributed by atoms with E-state index in [1.807, 2.05) is 0 Å². The average Bonchev–Trinajstić information content (AvgIpc) is 2.44. The van der Waals surface area contributed by atoms with Crippen molar-refractivity contribution in [3.8, 4) is 6.07 Å². The largest absolute Gasteiger partial charge is 0.323 e. The van der Waals surface area contributed by atoms with Gasteiger partial charge >= 0.3 is 6.03 Å². The maximum atomic E-state index is 13.4. The Morgan fingerprint density at radius 1 is 0.952 bits per heavy atom. The maximum absolute atomic E-state index is 13.4. The summed E-state index contributed by atoms with van der Waals surface area (Å²) in [7, 11) is 0. The molecule has 2 aromatic rings. The number of urea groups is 1. The number of amides is 2. The number of hydrogen-bond acceptors (Lipinski definition) is 2. The number of benzene rings is 2. The zero-order chi connectivity index (χ0) is 15.4. The minimum absolute atomic E-state index is 0.0684. The van der Waals surface area contributed by atoms with Crippen LogP contribution in [0, 0.1) is 28.8 Å². The van der Waals surface area contributed by atoms with Crippen LogP contribution in [0.15, 0.2) is 36.4 Å². The number of halogens is 3. The number of anilines is 2. The lowest BCUT2D eigenvalue weighted by Gasteiger charge is -2.09. The summed E-state index contributed by atoms with van der Waals surface area (Å²) in [6.07, 6.45) is 0. The number of hydrogen-bond donors (Lipinski definition) is 2. The summed E-state index contributed by atoms with van der Waals surface area (Å²) in [5, 5.41) is 13.3. The molecule has 21 heavy (non-hydrogen) atoms. The van der Waals surface area contributed by atoms with E-state index in [4.69, 9.17) is 5.26 Å². The predicted molar refractivity (Wildman–Crippen MR) is 70.1 cm³/mol. The first-order chi connectivity index (χ1) is 9.99. The Bertz CT molecular complexity index is 741. The minimum Gasteiger partial charge on any atom is -0.306 e. The fourth-order valence-corrected chi connectivity index (χ4v) is 1.58. The smallest absolute Gasteiger partial charge is 0.306 e. The standard InChI is InChI=1S/C14H8F3N3O/c15-9-1-3-12(8(5-9)7-18)19-14(21)20-13-4-2-10(16)6-11(13)17/h1-6H,(H2,19,20,21). The Hall–Kier alpha value is -3.01. The molecule has 0 fully saturated rings. The van der Waals surface area contributed by atoms with Crippen LogP contribution in [-0.4, -0.2) is 6.03 Å². The van der Waals surface area contributed by atoms with Crippen LogP contribution in [-0.2, 0) is 0 Å². The third kappa shape index (κ3) is 3.51. The summed E-state index contributed by atoms with van der Waals surface area (Å²) in [6.45, 7) is 0. The van der Waals surface area contributed by atoms with Crippen molar-refractivity contribution in [3.05, 3.63) is 59.4 Å². The van der Waals surface area contributed by atoms with E-state index < -0.39 is 23.5 Å². The first-order valence-electron chi connectivity index (χ1n) is 5.72. The molecule has 0 heterocycles. The summed E-state index contributed by atoms with van der Waals surface area (Å²) >= 11 is 0. The highest BCUT2D eigenvalue weighted by Crippen LogP contribution is 2.18. The van der Waals surface area contributed by atoms with Gasteiger partial charge in [0.1, 0.15) is 23.5 Å². The molecule has 2 N–H and O–H groups in total. The molecule has 0 aliphatic heterocycles. The highest BCUT2D eigenvalue weighted by Gasteiger charge is 2.10. The van der Waals surface area contributed by atoms with Gasteiger partial charge in [-0.3, -0.25) is 0 Å². The topological polar surface area (TPSA) is 64.9 Å². The number of rotatable bonds is 2. The zero-order valence-corrected chi connectivity index (χ0v) is 10.5. The van der Waals surface area contributed by atoms with E-state index in [0.717, 1.165) is 24.3 Å². The second kappa shape index (κ2) is 5.96. The molecule has 7 heteroatoms. The summed E-state index contributed by atoms with van der Waals surface area (Å²) in [5.74, 6) is -2.34. The van der Waals surface area contributed by atoms with E-state index in [0.29, 0.717) is 6.07 Å². The van der Waals surface area contributed by atoms with Crippen molar-refractivity contribution >= 4 is 17.4 Å². The van der Waals surface area contributed by atoms with Crippen molar-refractivity contribution in [1.29, 1.82) is 5.26 Å². The van der Waals surface area contributed by atoms with Crippen LogP contribution in [0.25, 0.3) is 0 Å². The van der Waals surface area contributed by atoms with Crippen molar-refractivity contribution < 1.29 is 18.0 Å². The van der Waals surface area contributed by atoms with Gasteiger partial charge in [0.2, 0.25) is 0 Å². The van der Waals surface area contributed by atoms with Gasteiger partial charge in [0.25, 0.3) is 0 Å². The third-order valence-electron chi connectivity index (χ3n) is 2.53. The van der Waals surface area contributed by atoms with Crippen molar-refractivity contribution in [2.45, 2.75) is 0 Å². The fourth-order valence-electron chi connectivity index (χ4n) is 1.58. The molecule has 0 saturated heterocycles. The highest BCUT2D eigenvalue weighted by molar-refractivity contribution is 6.00. The fraction of sp³-hybridized carbons (Fsp3) is 0. The van der Waals surface area contributed by atoms with E-state index in [1.165, 1.54) is 6.07 Å². The van der Waals surface area contributed by atoms with Crippen molar-refractivity contribution in [3.63, 3.8) is 0 Å². The summed E-state index contributed by atoms with van der Waals surface area (Å²) in [4.78, 5) is 11.7. The van der Waals surface area contributed by atoms with Crippen molar-refractivity contribution in [2.75, 3.05) is 10.6 Å². The molecule has 0 atom stereocenters. The predicted octanol–water partition coefficient (Wildman–Crippen LogP) is 3.62. The van der Waals surface area contributed by atoms with E-state index >= 15 is 0 Å². The molecule has 2 rings (SSSR count). The van der Waals surface area contributed by atoms with Gasteiger partial charge in [-0.2, -0.15) is 5.26 Å². The Kier molecular flexibility index (Phi) is 4.09. The van der Waals surface area contributed by atoms with E-state index in [9.17, 15) is 18.0 Å². The molecule has 0 aliphatic rings. The number of carbonyl (C=O) groups is 1. The van der Waals surface area contributed by atoms with Crippen LogP contribution in [0.4, 0.5) is 29.3 Å². The lowest BCUT2D eigenvalue weighted by molar-refractivity contribution is 0.262. The van der Waals surface area contributed by atoms with Gasteiger partial charge in [-0.15, -0.1) is 0 Å². The molecular formula is C14H8F3N3O. The minimum atomic E-state index is -0.940. The molecule has 106 valence electrons. The lowest BCUT2D eigenvalue weighted by Crippen LogP contribution is -2.20. The summed E-state index contributed by atoms with van der Waals surface area (Å²) in [6, 6.07) is 6.75. The van der Waals surface area contributed by atoms with Gasteiger partial charge in [0.15, 0.2) is 0 Å². The molecule has 0 spiro atoms. The van der Waals surface area contributed by atoms with Crippen LogP contribution in [0.2, 0.25) is 0 Å². The number of nitrogens with one attached hydrogen (secondary N) is 2. The Balaban J connectivity index is 2.14. The Morgan fingerprint density at radius 3 is 2.14 bits per heavy atom. The molecule has 0 aliphatic carbocycles. The SMILES string of the molecule is N#Cc1cc(F)ccc1NC(=O)Nc1ccc(F)cc1F. The molecule has 4 nitrogen and oxygen atoms in total. The van der Waals surface area contributed by atoms with Gasteiger partial charge in [0, 0.05) is 6.07 Å². The van der Waals surface area contributed by atoms with Gasteiger partial charge in [-0.1, -0.05) is 0 Å². The summed E-state index contributed by atoms with van der Waals surface area (Å²) < 4.78 is 39.0. The number of nitrogens with zero attached hydrogens (tertiary/aromatic N) is 1. The molecular weight excluding hydrogens is 283 g/mol. The Morgan fingerprint density at radius 2 is 1.52 bits per heavy atom. The molecule has 0 unspecified atom stereocenters. The second-order valence-electron chi connectivity index (χ2n) is 4.01. The van der Waals surface area contributed by atoms with Crippen molar-refractivity contribution in [2.24, 2.45) is 0 Å². The molecule has 0 saturated carbocycles. The van der Waals surface area contributed by atoms with E-state index in [-0.39, 0.29) is 16.9 Å². The average molecular weight is 291 g/mol. The first kappa shape index (κ1) is 14.4. The van der Waals surface area contributed by atoms with Crippen molar-refractivity contribution in [1.82, 2.24) is 0 Å². The number of nitriles is 1. The van der Waals surface area contributed by atoms with Gasteiger partial charge < -0.3 is 10.6 Å². The Labute approximate surface area is 117 Å². The van der Waals surface area contributed by atoms with Crippen LogP contribution in [0.5, 0.6) is 0 Å². The second-order valence-corrected chi connectivity index (χ2v) is 4.01. The van der Waals surface area contributed by atoms with Crippen LogP contribution in [0.3, 0.4) is 0 Å². The summed E-state index contributed by atoms with van der Waals surface area (Å²) in [5.41, 5.74) is -0.238. The van der Waals surface area contributed by atoms with Crippen LogP contribution < -0.4 is 10.6 Å². The quantitative estimate of drug-likeness (QED) is 0.887.